The van der Waals surface area contributed by atoms with Gasteiger partial charge in [0.1, 0.15) is 35.0 Å². The molecule has 2 aromatic carbocycles. The lowest BCUT2D eigenvalue weighted by Crippen LogP contribution is -2.38. The molecule has 0 aromatic heterocycles. The number of benzene rings is 2. The Bertz CT molecular complexity index is 1960. The van der Waals surface area contributed by atoms with E-state index in [-0.39, 0.29) is 48.0 Å². The Morgan fingerprint density at radius 1 is 0.982 bits per heavy atom. The molecule has 0 saturated heterocycles. The summed E-state index contributed by atoms with van der Waals surface area (Å²) in [6, 6.07) is 8.79. The third-order valence-electron chi connectivity index (χ3n) is 14.7. The number of aryl methyl sites for hydroxylation is 2. The lowest BCUT2D eigenvalue weighted by Gasteiger charge is -2.33. The molecule has 5 nitrogen and oxygen atoms in total. The predicted octanol–water partition coefficient (Wildman–Crippen LogP) is 11.2. The van der Waals surface area contributed by atoms with Gasteiger partial charge in [0.25, 0.3) is 0 Å². The molecule has 2 aromatic rings. The number of Topliss-reactive ketones (excluding diaryl/α,β-unsaturated/α-hetero) is 4. The fraction of sp³-hybridized carbons (Fsp3) is 0.600. The van der Waals surface area contributed by atoms with Gasteiger partial charge in [-0.05, 0) is 140 Å². The summed E-state index contributed by atoms with van der Waals surface area (Å²) < 4.78 is 7.03. The molecule has 4 saturated carbocycles. The van der Waals surface area contributed by atoms with E-state index >= 15 is 0 Å². The van der Waals surface area contributed by atoms with E-state index in [4.69, 9.17) is 4.74 Å². The molecular formula is C50H64O5. The van der Waals surface area contributed by atoms with Crippen LogP contribution in [0.4, 0.5) is 0 Å². The van der Waals surface area contributed by atoms with Gasteiger partial charge in [-0.15, -0.1) is 6.58 Å². The zero-order valence-electron chi connectivity index (χ0n) is 34.8. The number of fused-ring (bicyclic) bond motifs is 2. The zero-order valence-corrected chi connectivity index (χ0v) is 34.8. The second kappa shape index (κ2) is 15.1. The summed E-state index contributed by atoms with van der Waals surface area (Å²) in [6.07, 6.45) is 13.9. The Labute approximate surface area is 329 Å². The van der Waals surface area contributed by atoms with Crippen LogP contribution in [0.1, 0.15) is 129 Å². The number of carbonyl (C=O) groups excluding carboxylic acids is 4. The maximum Gasteiger partial charge on any atom is 0.140 e. The standard InChI is InChI=1S/C50H64O5/c1-10-32-14-15-41-42(29(32)5)21-37(34-13-12-33(19-34)28(3)4)22-47(41)55-40-24-43(46(53)27-50(30(6)51)26-38(50)11-2)44(25-40)48(54)45(49(7,8)9)23-39(52)18-31-16-35-20-36(35)17-31/h11,13-15,19,21-22,28,31,35-36,38,40,43-45H,2,10,12,16-18,20,23-27H2,1,3-9H3. The van der Waals surface area contributed by atoms with Crippen LogP contribution in [-0.4, -0.2) is 29.2 Å². The molecule has 0 bridgehead atoms. The van der Waals surface area contributed by atoms with Crippen LogP contribution in [0.25, 0.3) is 16.3 Å². The lowest BCUT2D eigenvalue weighted by atomic mass is 9.69. The Balaban J connectivity index is 1.20. The minimum absolute atomic E-state index is 0.0111. The highest BCUT2D eigenvalue weighted by atomic mass is 16.5. The molecule has 5 aliphatic rings. The third kappa shape index (κ3) is 7.88. The molecule has 0 radical (unpaired) electrons. The van der Waals surface area contributed by atoms with Crippen molar-refractivity contribution in [2.24, 2.45) is 58.2 Å². The van der Waals surface area contributed by atoms with Gasteiger partial charge in [0, 0.05) is 47.8 Å². The maximum absolute atomic E-state index is 15.0. The molecule has 0 spiro atoms. The summed E-state index contributed by atoms with van der Waals surface area (Å²) in [5.41, 5.74) is 5.12. The molecule has 0 heterocycles. The molecule has 5 aliphatic carbocycles. The van der Waals surface area contributed by atoms with E-state index in [1.165, 1.54) is 28.7 Å². The van der Waals surface area contributed by atoms with Crippen molar-refractivity contribution in [2.75, 3.05) is 0 Å². The summed E-state index contributed by atoms with van der Waals surface area (Å²) in [6.45, 7) is 20.5. The average molecular weight is 745 g/mol. The van der Waals surface area contributed by atoms with Crippen LogP contribution in [0.3, 0.4) is 0 Å². The van der Waals surface area contributed by atoms with E-state index in [1.54, 1.807) is 13.0 Å². The number of ether oxygens (including phenoxy) is 1. The summed E-state index contributed by atoms with van der Waals surface area (Å²) in [4.78, 5) is 56.1. The van der Waals surface area contributed by atoms with Crippen LogP contribution in [0.2, 0.25) is 0 Å². The number of hydrogen-bond acceptors (Lipinski definition) is 5. The summed E-state index contributed by atoms with van der Waals surface area (Å²) in [7, 11) is 0. The van der Waals surface area contributed by atoms with Crippen LogP contribution in [0.5, 0.6) is 5.75 Å². The van der Waals surface area contributed by atoms with E-state index in [1.807, 2.05) is 0 Å². The van der Waals surface area contributed by atoms with Gasteiger partial charge in [-0.25, -0.2) is 0 Å². The average Bonchev–Trinajstić information content (AvgIpc) is 3.77. The zero-order chi connectivity index (χ0) is 39.6. The molecule has 5 heteroatoms. The minimum atomic E-state index is -0.719. The number of allylic oxidation sites excluding steroid dienone is 5. The predicted molar refractivity (Wildman–Crippen MR) is 222 cm³/mol. The first-order chi connectivity index (χ1) is 26.0. The number of rotatable bonds is 16. The van der Waals surface area contributed by atoms with Crippen molar-refractivity contribution < 1.29 is 23.9 Å². The van der Waals surface area contributed by atoms with Crippen LogP contribution in [0.15, 0.2) is 54.6 Å². The first-order valence-electron chi connectivity index (χ1n) is 21.4. The van der Waals surface area contributed by atoms with E-state index in [2.05, 4.69) is 91.5 Å². The van der Waals surface area contributed by atoms with Crippen molar-refractivity contribution in [1.29, 1.82) is 0 Å². The smallest absolute Gasteiger partial charge is 0.140 e. The maximum atomic E-state index is 15.0. The molecule has 8 atom stereocenters. The fourth-order valence-electron chi connectivity index (χ4n) is 10.9. The lowest BCUT2D eigenvalue weighted by molar-refractivity contribution is -0.139. The molecule has 4 fully saturated rings. The van der Waals surface area contributed by atoms with Crippen LogP contribution < -0.4 is 4.74 Å². The number of carbonyl (C=O) groups is 4. The molecule has 7 rings (SSSR count). The van der Waals surface area contributed by atoms with Crippen molar-refractivity contribution in [2.45, 2.75) is 132 Å². The monoisotopic (exact) mass is 744 g/mol. The van der Waals surface area contributed by atoms with Crippen molar-refractivity contribution in [3.63, 3.8) is 0 Å². The molecule has 55 heavy (non-hydrogen) atoms. The second-order valence-corrected chi connectivity index (χ2v) is 19.7. The van der Waals surface area contributed by atoms with Crippen molar-refractivity contribution in [1.82, 2.24) is 0 Å². The molecule has 0 aliphatic heterocycles. The van der Waals surface area contributed by atoms with Gasteiger partial charge in [-0.1, -0.05) is 77.5 Å². The minimum Gasteiger partial charge on any atom is -0.490 e. The quantitative estimate of drug-likeness (QED) is 0.160. The van der Waals surface area contributed by atoms with Gasteiger partial charge < -0.3 is 4.74 Å². The number of ketones is 4. The summed E-state index contributed by atoms with van der Waals surface area (Å²) in [5.74, 6) is 1.84. The Morgan fingerprint density at radius 3 is 2.29 bits per heavy atom. The summed E-state index contributed by atoms with van der Waals surface area (Å²) >= 11 is 0. The van der Waals surface area contributed by atoms with Crippen molar-refractivity contribution in [3.8, 4) is 5.75 Å². The van der Waals surface area contributed by atoms with Gasteiger partial charge in [0.15, 0.2) is 0 Å². The van der Waals surface area contributed by atoms with Crippen molar-refractivity contribution >= 4 is 39.5 Å². The first kappa shape index (κ1) is 39.6. The van der Waals surface area contributed by atoms with Gasteiger partial charge in [0.2, 0.25) is 0 Å². The third-order valence-corrected chi connectivity index (χ3v) is 14.7. The van der Waals surface area contributed by atoms with Gasteiger partial charge in [0.05, 0.1) is 0 Å². The first-order valence-corrected chi connectivity index (χ1v) is 21.4. The SMILES string of the molecule is C=CC1CC1(CC(=O)C1CC(Oc2cc(C3=CCC(C(C)C)=C3)cc3c(C)c(CC)ccc23)CC1C(=O)C(CC(=O)CC1CC2CC2C1)C(C)(C)C)C(C)=O. The van der Waals surface area contributed by atoms with Crippen LogP contribution in [-0.2, 0) is 25.6 Å². The molecule has 294 valence electrons. The van der Waals surface area contributed by atoms with E-state index in [0.717, 1.165) is 59.6 Å². The summed E-state index contributed by atoms with van der Waals surface area (Å²) in [5, 5.41) is 2.20. The highest BCUT2D eigenvalue weighted by Gasteiger charge is 2.59. The fourth-order valence-corrected chi connectivity index (χ4v) is 10.9. The van der Waals surface area contributed by atoms with Crippen LogP contribution in [0, 0.1) is 65.1 Å². The van der Waals surface area contributed by atoms with Crippen LogP contribution >= 0.6 is 0 Å². The topological polar surface area (TPSA) is 77.5 Å². The highest BCUT2D eigenvalue weighted by molar-refractivity contribution is 5.98. The van der Waals surface area contributed by atoms with E-state index in [0.29, 0.717) is 37.5 Å². The molecule has 0 amide bonds. The van der Waals surface area contributed by atoms with E-state index < -0.39 is 28.6 Å². The van der Waals surface area contributed by atoms with Gasteiger partial charge >= 0.3 is 0 Å². The number of hydrogen-bond donors (Lipinski definition) is 0. The van der Waals surface area contributed by atoms with Gasteiger partial charge in [-0.2, -0.15) is 0 Å². The van der Waals surface area contributed by atoms with Gasteiger partial charge in [-0.3, -0.25) is 19.2 Å². The molecule has 0 N–H and O–H groups in total. The molecule has 8 unspecified atom stereocenters. The highest BCUT2D eigenvalue weighted by Crippen LogP contribution is 2.58. The second-order valence-electron chi connectivity index (χ2n) is 19.7. The Kier molecular flexibility index (Phi) is 10.8. The molecular weight excluding hydrogens is 681 g/mol. The Hall–Kier alpha value is -3.60. The normalized spacial score (nSPS) is 30.2. The van der Waals surface area contributed by atoms with Crippen molar-refractivity contribution in [3.05, 3.63) is 71.3 Å². The van der Waals surface area contributed by atoms with E-state index in [9.17, 15) is 19.2 Å². The Morgan fingerprint density at radius 2 is 1.69 bits per heavy atom. The largest absolute Gasteiger partial charge is 0.490 e.